The van der Waals surface area contributed by atoms with Crippen molar-refractivity contribution in [2.75, 3.05) is 0 Å². The van der Waals surface area contributed by atoms with Crippen LogP contribution in [0.3, 0.4) is 0 Å². The molecule has 9 aromatic rings. The molecule has 0 saturated heterocycles. The van der Waals surface area contributed by atoms with Crippen molar-refractivity contribution in [1.82, 2.24) is 24.9 Å². The fraction of sp³-hybridized carbons (Fsp3) is 0. The molecule has 234 valence electrons. The van der Waals surface area contributed by atoms with E-state index in [0.29, 0.717) is 5.82 Å². The van der Waals surface area contributed by atoms with E-state index >= 15 is 0 Å². The molecule has 0 radical (unpaired) electrons. The molecule has 9 rings (SSSR count). The lowest BCUT2D eigenvalue weighted by molar-refractivity contribution is 1.18. The molecule has 4 heterocycles. The molecule has 0 aliphatic heterocycles. The molecule has 0 unspecified atom stereocenters. The highest BCUT2D eigenvalue weighted by Crippen LogP contribution is 2.35. The van der Waals surface area contributed by atoms with Gasteiger partial charge in [0.25, 0.3) is 0 Å². The van der Waals surface area contributed by atoms with Crippen molar-refractivity contribution in [2.24, 2.45) is 0 Å². The summed E-state index contributed by atoms with van der Waals surface area (Å²) >= 11 is 0. The van der Waals surface area contributed by atoms with Crippen molar-refractivity contribution < 1.29 is 0 Å². The zero-order valence-electron chi connectivity index (χ0n) is 27.0. The maximum atomic E-state index is 5.20. The van der Waals surface area contributed by atoms with Crippen LogP contribution in [0, 0.1) is 0 Å². The minimum atomic E-state index is 0.669. The fourth-order valence-electron chi connectivity index (χ4n) is 6.44. The van der Waals surface area contributed by atoms with Gasteiger partial charge in [0.05, 0.1) is 28.1 Å². The van der Waals surface area contributed by atoms with E-state index in [0.717, 1.165) is 77.8 Å². The van der Waals surface area contributed by atoms with Crippen LogP contribution in [0.2, 0.25) is 0 Å². The monoisotopic (exact) mass is 639 g/mol. The van der Waals surface area contributed by atoms with Gasteiger partial charge < -0.3 is 0 Å². The number of hydrogen-bond acceptors (Lipinski definition) is 5. The minimum Gasteiger partial charge on any atom is -0.265 e. The zero-order valence-corrected chi connectivity index (χ0v) is 27.0. The van der Waals surface area contributed by atoms with Crippen LogP contribution in [0.4, 0.5) is 0 Å². The third-order valence-corrected chi connectivity index (χ3v) is 9.02. The standard InChI is InChI=1S/C45H29N5/c1-3-8-30(9-4-1)31-13-15-33(16-14-31)41-29-42(50-45(49-41)36-10-5-2-6-11-36)39-27-37(32-21-24-46-25-22-32)26-38(28-39)40-20-19-35-18-17-34-12-7-23-47-43(34)44(35)48-40/h1-29H. The van der Waals surface area contributed by atoms with E-state index in [1.807, 2.05) is 61.1 Å². The summed E-state index contributed by atoms with van der Waals surface area (Å²) in [7, 11) is 0. The molecule has 0 N–H and O–H groups in total. The highest BCUT2D eigenvalue weighted by molar-refractivity contribution is 6.03. The summed E-state index contributed by atoms with van der Waals surface area (Å²) in [4.78, 5) is 24.4. The molecule has 0 aliphatic rings. The molecule has 0 amide bonds. The first-order valence-electron chi connectivity index (χ1n) is 16.6. The first-order valence-corrected chi connectivity index (χ1v) is 16.6. The van der Waals surface area contributed by atoms with Gasteiger partial charge in [-0.3, -0.25) is 9.97 Å². The summed E-state index contributed by atoms with van der Waals surface area (Å²) in [5, 5.41) is 2.12. The Morgan fingerprint density at radius 1 is 0.300 bits per heavy atom. The molecule has 5 aromatic carbocycles. The molecular weight excluding hydrogens is 611 g/mol. The Morgan fingerprint density at radius 3 is 1.60 bits per heavy atom. The molecule has 50 heavy (non-hydrogen) atoms. The molecule has 0 spiro atoms. The van der Waals surface area contributed by atoms with Crippen LogP contribution in [0.5, 0.6) is 0 Å². The number of hydrogen-bond donors (Lipinski definition) is 0. The Bertz CT molecular complexity index is 2620. The van der Waals surface area contributed by atoms with Gasteiger partial charge in [-0.2, -0.15) is 0 Å². The molecule has 5 heteroatoms. The Balaban J connectivity index is 1.23. The normalized spacial score (nSPS) is 11.2. The van der Waals surface area contributed by atoms with Gasteiger partial charge in [-0.05, 0) is 70.8 Å². The van der Waals surface area contributed by atoms with Crippen molar-refractivity contribution >= 4 is 21.8 Å². The second-order valence-electron chi connectivity index (χ2n) is 12.2. The summed E-state index contributed by atoms with van der Waals surface area (Å²) < 4.78 is 0. The highest BCUT2D eigenvalue weighted by atomic mass is 14.9. The minimum absolute atomic E-state index is 0.669. The van der Waals surface area contributed by atoms with Crippen molar-refractivity contribution in [3.05, 3.63) is 176 Å². The smallest absolute Gasteiger partial charge is 0.160 e. The molecule has 0 bridgehead atoms. The van der Waals surface area contributed by atoms with Gasteiger partial charge in [-0.1, -0.05) is 109 Å². The van der Waals surface area contributed by atoms with E-state index in [-0.39, 0.29) is 0 Å². The maximum absolute atomic E-state index is 5.20. The molecule has 0 saturated carbocycles. The molecular formula is C45H29N5. The van der Waals surface area contributed by atoms with Gasteiger partial charge in [0.2, 0.25) is 0 Å². The second-order valence-corrected chi connectivity index (χ2v) is 12.2. The van der Waals surface area contributed by atoms with Crippen LogP contribution >= 0.6 is 0 Å². The second kappa shape index (κ2) is 12.6. The maximum Gasteiger partial charge on any atom is 0.160 e. The third-order valence-electron chi connectivity index (χ3n) is 9.02. The quantitative estimate of drug-likeness (QED) is 0.169. The van der Waals surface area contributed by atoms with E-state index < -0.39 is 0 Å². The largest absolute Gasteiger partial charge is 0.265 e. The average molecular weight is 640 g/mol. The number of benzene rings is 5. The number of pyridine rings is 3. The van der Waals surface area contributed by atoms with Crippen LogP contribution in [-0.2, 0) is 0 Å². The van der Waals surface area contributed by atoms with Crippen LogP contribution < -0.4 is 0 Å². The van der Waals surface area contributed by atoms with E-state index in [2.05, 4.69) is 125 Å². The number of fused-ring (bicyclic) bond motifs is 3. The van der Waals surface area contributed by atoms with Gasteiger partial charge in [0, 0.05) is 51.6 Å². The van der Waals surface area contributed by atoms with Crippen LogP contribution in [0.1, 0.15) is 0 Å². The average Bonchev–Trinajstić information content (AvgIpc) is 3.21. The van der Waals surface area contributed by atoms with Gasteiger partial charge in [0.1, 0.15) is 0 Å². The van der Waals surface area contributed by atoms with Crippen LogP contribution in [0.15, 0.2) is 176 Å². The van der Waals surface area contributed by atoms with Gasteiger partial charge in [-0.25, -0.2) is 15.0 Å². The predicted molar refractivity (Wildman–Crippen MR) is 203 cm³/mol. The number of rotatable bonds is 6. The molecule has 5 nitrogen and oxygen atoms in total. The lowest BCUT2D eigenvalue weighted by Gasteiger charge is -2.13. The molecule has 4 aromatic heterocycles. The molecule has 0 fully saturated rings. The fourth-order valence-corrected chi connectivity index (χ4v) is 6.44. The van der Waals surface area contributed by atoms with Crippen molar-refractivity contribution in [3.63, 3.8) is 0 Å². The Labute approximate surface area is 289 Å². The van der Waals surface area contributed by atoms with Crippen molar-refractivity contribution in [1.29, 1.82) is 0 Å². The van der Waals surface area contributed by atoms with E-state index in [9.17, 15) is 0 Å². The van der Waals surface area contributed by atoms with E-state index in [1.54, 1.807) is 0 Å². The Kier molecular flexibility index (Phi) is 7.41. The van der Waals surface area contributed by atoms with Crippen LogP contribution in [0.25, 0.3) is 89.2 Å². The topological polar surface area (TPSA) is 64.5 Å². The Morgan fingerprint density at radius 2 is 0.860 bits per heavy atom. The highest BCUT2D eigenvalue weighted by Gasteiger charge is 2.15. The van der Waals surface area contributed by atoms with E-state index in [4.69, 9.17) is 15.0 Å². The van der Waals surface area contributed by atoms with Gasteiger partial charge in [0.15, 0.2) is 5.82 Å². The summed E-state index contributed by atoms with van der Waals surface area (Å²) in [6.45, 7) is 0. The van der Waals surface area contributed by atoms with Crippen molar-refractivity contribution in [2.45, 2.75) is 0 Å². The summed E-state index contributed by atoms with van der Waals surface area (Å²) in [5.74, 6) is 0.669. The third kappa shape index (κ3) is 5.67. The van der Waals surface area contributed by atoms with Gasteiger partial charge in [-0.15, -0.1) is 0 Å². The summed E-state index contributed by atoms with van der Waals surface area (Å²) in [6.07, 6.45) is 5.47. The first-order chi connectivity index (χ1) is 24.7. The summed E-state index contributed by atoms with van der Waals surface area (Å²) in [5.41, 5.74) is 12.7. The zero-order chi connectivity index (χ0) is 33.3. The number of nitrogens with zero attached hydrogens (tertiary/aromatic N) is 5. The molecule has 0 atom stereocenters. The Hall–Kier alpha value is -6.85. The number of aromatic nitrogens is 5. The first kappa shape index (κ1) is 29.3. The molecule has 0 aliphatic carbocycles. The lowest BCUT2D eigenvalue weighted by Crippen LogP contribution is -1.97. The predicted octanol–water partition coefficient (Wildman–Crippen LogP) is 11.0. The van der Waals surface area contributed by atoms with Gasteiger partial charge >= 0.3 is 0 Å². The summed E-state index contributed by atoms with van der Waals surface area (Å²) in [6, 6.07) is 54.3. The SMILES string of the molecule is c1ccc(-c2ccc(-c3cc(-c4cc(-c5ccncc5)cc(-c5ccc6ccc7cccnc7c6n5)c4)nc(-c4ccccc4)n3)cc2)cc1. The van der Waals surface area contributed by atoms with Crippen LogP contribution in [-0.4, -0.2) is 24.9 Å². The lowest BCUT2D eigenvalue weighted by atomic mass is 9.96. The van der Waals surface area contributed by atoms with E-state index in [1.165, 1.54) is 5.56 Å². The van der Waals surface area contributed by atoms with Crippen molar-refractivity contribution in [3.8, 4) is 67.4 Å².